The van der Waals surface area contributed by atoms with Gasteiger partial charge in [0.1, 0.15) is 16.6 Å². The van der Waals surface area contributed by atoms with Crippen molar-refractivity contribution < 1.29 is 28.6 Å². The van der Waals surface area contributed by atoms with Gasteiger partial charge in [-0.05, 0) is 34.9 Å². The molecular weight excluding hydrogens is 499 g/mol. The Morgan fingerprint density at radius 1 is 0.579 bits per heavy atom. The predicted molar refractivity (Wildman–Crippen MR) is 151 cm³/mol. The molecule has 6 nitrogen and oxygen atoms in total. The molecule has 192 valence electrons. The van der Waals surface area contributed by atoms with Crippen molar-refractivity contribution in [3.8, 4) is 5.75 Å². The second-order valence-corrected chi connectivity index (χ2v) is 11.6. The maximum atomic E-state index is 14.6. The average Bonchev–Trinajstić information content (AvgIpc) is 2.99. The largest absolute Gasteiger partial charge is 0.496 e. The van der Waals surface area contributed by atoms with Crippen LogP contribution in [0.2, 0.25) is 0 Å². The molecule has 0 bridgehead atoms. The molecular formula is C31H27O6P. The first-order valence-corrected chi connectivity index (χ1v) is 13.6. The summed E-state index contributed by atoms with van der Waals surface area (Å²) in [5, 5.41) is 2.29. The first-order chi connectivity index (χ1) is 18.5. The summed E-state index contributed by atoms with van der Waals surface area (Å²) in [6.45, 7) is -3.14. The van der Waals surface area contributed by atoms with Gasteiger partial charge in [0.15, 0.2) is 0 Å². The molecule has 0 unspecified atom stereocenters. The lowest BCUT2D eigenvalue weighted by atomic mass is 10.0. The molecule has 0 amide bonds. The maximum absolute atomic E-state index is 14.6. The lowest BCUT2D eigenvalue weighted by molar-refractivity contribution is -0.132. The van der Waals surface area contributed by atoms with E-state index >= 15 is 0 Å². The minimum absolute atomic E-state index is 0.0104. The summed E-state index contributed by atoms with van der Waals surface area (Å²) in [5.41, 5.74) is -0.0695. The van der Waals surface area contributed by atoms with Gasteiger partial charge in [0.25, 0.3) is 0 Å². The second-order valence-electron chi connectivity index (χ2n) is 8.22. The van der Waals surface area contributed by atoms with Crippen LogP contribution in [-0.4, -0.2) is 44.3 Å². The molecule has 4 aromatic rings. The normalized spacial score (nSPS) is 10.8. The molecule has 0 saturated heterocycles. The van der Waals surface area contributed by atoms with Crippen LogP contribution in [0.4, 0.5) is 0 Å². The number of ketones is 1. The summed E-state index contributed by atoms with van der Waals surface area (Å²) >= 11 is 0. The van der Waals surface area contributed by atoms with E-state index in [-0.39, 0.29) is 22.2 Å². The molecule has 0 spiro atoms. The first-order valence-electron chi connectivity index (χ1n) is 11.8. The molecule has 0 aliphatic carbocycles. The number of ether oxygens (including phenoxy) is 3. The van der Waals surface area contributed by atoms with Crippen LogP contribution in [0.1, 0.15) is 20.7 Å². The van der Waals surface area contributed by atoms with Crippen molar-refractivity contribution in [2.75, 3.05) is 21.3 Å². The lowest BCUT2D eigenvalue weighted by Crippen LogP contribution is -2.38. The zero-order valence-electron chi connectivity index (χ0n) is 21.3. The van der Waals surface area contributed by atoms with E-state index < -0.39 is 24.6 Å². The van der Waals surface area contributed by atoms with E-state index in [4.69, 9.17) is 14.2 Å². The van der Waals surface area contributed by atoms with Crippen molar-refractivity contribution in [3.05, 3.63) is 120 Å². The van der Waals surface area contributed by atoms with Crippen LogP contribution in [0.15, 0.2) is 109 Å². The zero-order valence-corrected chi connectivity index (χ0v) is 22.2. The molecule has 0 fully saturated rings. The van der Waals surface area contributed by atoms with Crippen LogP contribution >= 0.6 is 6.89 Å². The Bertz CT molecular complexity index is 1410. The quantitative estimate of drug-likeness (QED) is 0.150. The van der Waals surface area contributed by atoms with E-state index in [1.165, 1.54) is 27.4 Å². The number of methoxy groups -OCH3 is 3. The van der Waals surface area contributed by atoms with Gasteiger partial charge in [-0.1, -0.05) is 97.1 Å². The van der Waals surface area contributed by atoms with Gasteiger partial charge in [0, 0.05) is 5.56 Å². The van der Waals surface area contributed by atoms with Gasteiger partial charge in [-0.2, -0.15) is 0 Å². The fourth-order valence-corrected chi connectivity index (χ4v) is 8.92. The first kappa shape index (κ1) is 26.6. The van der Waals surface area contributed by atoms with Gasteiger partial charge in [0.05, 0.1) is 21.3 Å². The molecule has 0 N–H and O–H groups in total. The fourth-order valence-electron chi connectivity index (χ4n) is 4.60. The summed E-state index contributed by atoms with van der Waals surface area (Å²) in [6.07, 6.45) is 0. The van der Waals surface area contributed by atoms with E-state index in [0.717, 1.165) is 15.9 Å². The third-order valence-corrected chi connectivity index (χ3v) is 10.5. The number of hydrogen-bond acceptors (Lipinski definition) is 6. The molecule has 0 saturated carbocycles. The number of benzene rings is 4. The van der Waals surface area contributed by atoms with Crippen LogP contribution in [-0.2, 0) is 14.3 Å². The number of esters is 2. The van der Waals surface area contributed by atoms with Gasteiger partial charge >= 0.3 is 11.9 Å². The summed E-state index contributed by atoms with van der Waals surface area (Å²) < 4.78 is 15.7. The Kier molecular flexibility index (Phi) is 8.25. The number of carbonyl (C=O) groups excluding carboxylic acids is 3. The Balaban J connectivity index is 2.28. The number of Topliss-reactive ketones (excluding diaryl/α,β-unsaturated/α-hetero) is 1. The summed E-state index contributed by atoms with van der Waals surface area (Å²) in [5.74, 6) is -2.01. The fraction of sp³-hybridized carbons (Fsp3) is 0.0968. The van der Waals surface area contributed by atoms with Crippen LogP contribution < -0.4 is 20.7 Å². The van der Waals surface area contributed by atoms with Crippen molar-refractivity contribution in [2.45, 2.75) is 0 Å². The molecule has 0 aliphatic heterocycles. The molecule has 0 aliphatic rings. The molecule has 0 heterocycles. The molecule has 4 aromatic carbocycles. The Labute approximate surface area is 221 Å². The van der Waals surface area contributed by atoms with E-state index in [1.807, 2.05) is 91.0 Å². The SMILES string of the molecule is COC(=O)C(C(=O)c1cccc(OC)c1C(=O)OC)=P(c1ccccc1)(c1ccccc1)c1ccccc1. The van der Waals surface area contributed by atoms with Gasteiger partial charge in [-0.3, -0.25) is 4.79 Å². The summed E-state index contributed by atoms with van der Waals surface area (Å²) in [6, 6.07) is 33.0. The van der Waals surface area contributed by atoms with Gasteiger partial charge < -0.3 is 14.2 Å². The van der Waals surface area contributed by atoms with Crippen LogP contribution in [0.5, 0.6) is 5.75 Å². The number of rotatable bonds is 8. The second kappa shape index (κ2) is 11.8. The molecule has 7 heteroatoms. The maximum Gasteiger partial charge on any atom is 0.342 e. The Morgan fingerprint density at radius 3 is 1.45 bits per heavy atom. The smallest absolute Gasteiger partial charge is 0.342 e. The molecule has 38 heavy (non-hydrogen) atoms. The molecule has 0 aromatic heterocycles. The molecule has 0 atom stereocenters. The lowest BCUT2D eigenvalue weighted by Gasteiger charge is -2.31. The minimum Gasteiger partial charge on any atom is -0.496 e. The molecule has 4 rings (SSSR count). The highest BCUT2D eigenvalue weighted by Gasteiger charge is 2.39. The summed E-state index contributed by atoms with van der Waals surface area (Å²) in [7, 11) is 3.87. The van der Waals surface area contributed by atoms with E-state index in [1.54, 1.807) is 12.1 Å². The minimum atomic E-state index is -3.14. The third kappa shape index (κ3) is 4.67. The zero-order chi connectivity index (χ0) is 27.1. The summed E-state index contributed by atoms with van der Waals surface area (Å²) in [4.78, 5) is 41.3. The van der Waals surface area contributed by atoms with Gasteiger partial charge in [0.2, 0.25) is 5.78 Å². The van der Waals surface area contributed by atoms with Crippen molar-refractivity contribution >= 4 is 45.8 Å². The van der Waals surface area contributed by atoms with E-state index in [2.05, 4.69) is 0 Å². The van der Waals surface area contributed by atoms with Crippen molar-refractivity contribution in [1.82, 2.24) is 0 Å². The van der Waals surface area contributed by atoms with Crippen LogP contribution in [0.3, 0.4) is 0 Å². The van der Waals surface area contributed by atoms with Crippen LogP contribution in [0, 0.1) is 0 Å². The van der Waals surface area contributed by atoms with Crippen LogP contribution in [0.25, 0.3) is 0 Å². The van der Waals surface area contributed by atoms with E-state index in [9.17, 15) is 14.4 Å². The monoisotopic (exact) mass is 526 g/mol. The van der Waals surface area contributed by atoms with Crippen molar-refractivity contribution in [3.63, 3.8) is 0 Å². The van der Waals surface area contributed by atoms with Gasteiger partial charge in [-0.15, -0.1) is 0 Å². The van der Waals surface area contributed by atoms with Crippen molar-refractivity contribution in [1.29, 1.82) is 0 Å². The standard InChI is InChI=1S/C31H27O6P/c1-35-26-21-13-20-25(27(26)30(33)36-2)28(32)29(31(34)37-3)38(22-14-7-4-8-15-22,23-16-9-5-10-17-23)24-18-11-6-12-19-24/h4-21H,1-3H3. The van der Waals surface area contributed by atoms with E-state index in [0.29, 0.717) is 0 Å². The number of carbonyl (C=O) groups is 3. The number of hydrogen-bond donors (Lipinski definition) is 0. The predicted octanol–water partition coefficient (Wildman–Crippen LogP) is 4.00. The third-order valence-electron chi connectivity index (χ3n) is 6.24. The average molecular weight is 527 g/mol. The van der Waals surface area contributed by atoms with Gasteiger partial charge in [-0.25, -0.2) is 9.59 Å². The Morgan fingerprint density at radius 2 is 1.05 bits per heavy atom. The van der Waals surface area contributed by atoms with Crippen molar-refractivity contribution in [2.24, 2.45) is 0 Å². The highest BCUT2D eigenvalue weighted by Crippen LogP contribution is 2.47. The highest BCUT2D eigenvalue weighted by molar-refractivity contribution is 7.97. The molecule has 0 radical (unpaired) electrons. The Hall–Kier alpha value is -4.41. The highest BCUT2D eigenvalue weighted by atomic mass is 31.2. The topological polar surface area (TPSA) is 78.9 Å².